The lowest BCUT2D eigenvalue weighted by Gasteiger charge is -2.09. The van der Waals surface area contributed by atoms with E-state index in [2.05, 4.69) is 20.4 Å². The Hall–Kier alpha value is -4.55. The molecule has 0 spiro atoms. The molecule has 36 heavy (non-hydrogen) atoms. The Labute approximate surface area is 211 Å². The van der Waals surface area contributed by atoms with E-state index in [4.69, 9.17) is 4.98 Å². The van der Waals surface area contributed by atoms with Crippen molar-refractivity contribution in [2.75, 3.05) is 5.32 Å². The Balaban J connectivity index is 1.49. The molecule has 4 heterocycles. The lowest BCUT2D eigenvalue weighted by atomic mass is 10.2. The van der Waals surface area contributed by atoms with Crippen molar-refractivity contribution >= 4 is 60.6 Å². The van der Waals surface area contributed by atoms with Crippen LogP contribution in [0.3, 0.4) is 0 Å². The third-order valence-corrected chi connectivity index (χ3v) is 7.37. The van der Waals surface area contributed by atoms with Crippen LogP contribution in [-0.4, -0.2) is 35.6 Å². The molecule has 0 aliphatic heterocycles. The summed E-state index contributed by atoms with van der Waals surface area (Å²) < 4.78 is 2.73. The van der Waals surface area contributed by atoms with Gasteiger partial charge in [-0.25, -0.2) is 19.6 Å². The maximum absolute atomic E-state index is 13.0. The Morgan fingerprint density at radius 1 is 1.08 bits per heavy atom. The first-order valence-corrected chi connectivity index (χ1v) is 12.4. The van der Waals surface area contributed by atoms with Crippen molar-refractivity contribution in [2.24, 2.45) is 0 Å². The molecule has 0 unspecified atom stereocenters. The van der Waals surface area contributed by atoms with Crippen LogP contribution in [0.2, 0.25) is 0 Å². The molecule has 0 aliphatic rings. The number of anilines is 1. The number of aromatic nitrogens is 5. The molecule has 0 saturated heterocycles. The average Bonchev–Trinajstić information content (AvgIpc) is 3.63. The van der Waals surface area contributed by atoms with E-state index < -0.39 is 10.8 Å². The van der Waals surface area contributed by atoms with E-state index in [1.165, 1.54) is 23.5 Å². The number of nitrogens with zero attached hydrogens (tertiary/aromatic N) is 6. The van der Waals surface area contributed by atoms with Gasteiger partial charge in [-0.1, -0.05) is 29.0 Å². The van der Waals surface area contributed by atoms with Crippen LogP contribution >= 0.6 is 22.7 Å². The fourth-order valence-electron chi connectivity index (χ4n) is 3.72. The quantitative estimate of drug-likeness (QED) is 0.234. The van der Waals surface area contributed by atoms with Gasteiger partial charge in [-0.15, -0.1) is 11.3 Å². The zero-order valence-corrected chi connectivity index (χ0v) is 20.2. The number of carbonyl (C=O) groups is 1. The summed E-state index contributed by atoms with van der Waals surface area (Å²) in [7, 11) is 0. The van der Waals surface area contributed by atoms with Gasteiger partial charge in [-0.05, 0) is 43.3 Å². The van der Waals surface area contributed by atoms with Gasteiger partial charge in [-0.3, -0.25) is 14.9 Å². The molecule has 1 N–H and O–H groups in total. The third kappa shape index (κ3) is 3.87. The highest BCUT2D eigenvalue weighted by Crippen LogP contribution is 2.30. The SMILES string of the molecule is Cc1ccc(-n2ncc3c(NC(=O)c4ccc([N+](=O)[O-])s4)nc(-c4ccc5scnc5c4)nc32)cc1. The lowest BCUT2D eigenvalue weighted by molar-refractivity contribution is -0.380. The summed E-state index contributed by atoms with van der Waals surface area (Å²) in [4.78, 5) is 37.5. The summed E-state index contributed by atoms with van der Waals surface area (Å²) in [6.45, 7) is 2.00. The van der Waals surface area contributed by atoms with Crippen molar-refractivity contribution in [3.8, 4) is 17.1 Å². The van der Waals surface area contributed by atoms with Gasteiger partial charge in [0.1, 0.15) is 5.82 Å². The zero-order chi connectivity index (χ0) is 24.8. The van der Waals surface area contributed by atoms with Crippen LogP contribution in [0, 0.1) is 17.0 Å². The number of benzene rings is 2. The molecule has 2 aromatic carbocycles. The van der Waals surface area contributed by atoms with Crippen LogP contribution in [0.1, 0.15) is 15.2 Å². The molecular weight excluding hydrogens is 498 g/mol. The number of fused-ring (bicyclic) bond motifs is 2. The summed E-state index contributed by atoms with van der Waals surface area (Å²) in [6.07, 6.45) is 1.59. The monoisotopic (exact) mass is 513 g/mol. The van der Waals surface area contributed by atoms with Crippen molar-refractivity contribution in [2.45, 2.75) is 6.92 Å². The van der Waals surface area contributed by atoms with Gasteiger partial charge in [0.2, 0.25) is 0 Å². The third-order valence-electron chi connectivity index (χ3n) is 5.52. The number of amides is 1. The second kappa shape index (κ2) is 8.59. The summed E-state index contributed by atoms with van der Waals surface area (Å²) in [6, 6.07) is 16.3. The molecule has 10 nitrogen and oxygen atoms in total. The molecule has 12 heteroatoms. The molecule has 0 saturated carbocycles. The van der Waals surface area contributed by atoms with E-state index in [0.29, 0.717) is 16.9 Å². The molecule has 6 aromatic rings. The molecule has 0 radical (unpaired) electrons. The van der Waals surface area contributed by atoms with Crippen LogP contribution in [0.4, 0.5) is 10.8 Å². The minimum absolute atomic E-state index is 0.113. The van der Waals surface area contributed by atoms with Crippen LogP contribution < -0.4 is 5.32 Å². The van der Waals surface area contributed by atoms with Crippen molar-refractivity contribution in [3.05, 3.63) is 86.9 Å². The fourth-order valence-corrected chi connectivity index (χ4v) is 5.10. The van der Waals surface area contributed by atoms with Crippen molar-refractivity contribution < 1.29 is 9.72 Å². The van der Waals surface area contributed by atoms with Crippen LogP contribution in [0.25, 0.3) is 38.3 Å². The number of nitrogens with one attached hydrogen (secondary N) is 1. The predicted molar refractivity (Wildman–Crippen MR) is 139 cm³/mol. The summed E-state index contributed by atoms with van der Waals surface area (Å²) in [5.74, 6) is 0.142. The minimum Gasteiger partial charge on any atom is -0.305 e. The van der Waals surface area contributed by atoms with Crippen molar-refractivity contribution in [3.63, 3.8) is 0 Å². The number of carbonyl (C=O) groups excluding carboxylic acids is 1. The highest BCUT2D eigenvalue weighted by molar-refractivity contribution is 7.17. The van der Waals surface area contributed by atoms with Gasteiger partial charge in [0.25, 0.3) is 5.91 Å². The average molecular weight is 514 g/mol. The first-order chi connectivity index (χ1) is 17.5. The number of hydrogen-bond acceptors (Lipinski definition) is 9. The summed E-state index contributed by atoms with van der Waals surface area (Å²) >= 11 is 2.34. The van der Waals surface area contributed by atoms with Gasteiger partial charge in [0.05, 0.1) is 42.8 Å². The number of thiophene rings is 1. The van der Waals surface area contributed by atoms with Crippen molar-refractivity contribution in [1.29, 1.82) is 0 Å². The summed E-state index contributed by atoms with van der Waals surface area (Å²) in [5, 5.41) is 18.8. The van der Waals surface area contributed by atoms with Gasteiger partial charge >= 0.3 is 5.00 Å². The maximum atomic E-state index is 13.0. The highest BCUT2D eigenvalue weighted by Gasteiger charge is 2.20. The second-order valence-corrected chi connectivity index (χ2v) is 9.86. The van der Waals surface area contributed by atoms with Crippen LogP contribution in [0.5, 0.6) is 0 Å². The van der Waals surface area contributed by atoms with Crippen molar-refractivity contribution in [1.82, 2.24) is 24.7 Å². The number of rotatable bonds is 5. The largest absolute Gasteiger partial charge is 0.324 e. The fraction of sp³-hybridized carbons (Fsp3) is 0.0417. The first kappa shape index (κ1) is 21.9. The Kier molecular flexibility index (Phi) is 5.24. The van der Waals surface area contributed by atoms with E-state index >= 15 is 0 Å². The smallest absolute Gasteiger partial charge is 0.305 e. The van der Waals surface area contributed by atoms with Crippen LogP contribution in [-0.2, 0) is 0 Å². The maximum Gasteiger partial charge on any atom is 0.324 e. The second-order valence-electron chi connectivity index (χ2n) is 7.91. The molecule has 0 atom stereocenters. The van der Waals surface area contributed by atoms with Gasteiger partial charge < -0.3 is 5.32 Å². The Morgan fingerprint density at radius 2 is 1.92 bits per heavy atom. The number of nitro groups is 1. The van der Waals surface area contributed by atoms with Gasteiger partial charge in [0, 0.05) is 11.6 Å². The molecule has 0 bridgehead atoms. The Morgan fingerprint density at radius 3 is 2.69 bits per heavy atom. The number of aryl methyl sites for hydroxylation is 1. The molecule has 0 aliphatic carbocycles. The van der Waals surface area contributed by atoms with E-state index in [1.54, 1.807) is 16.4 Å². The van der Waals surface area contributed by atoms with Gasteiger partial charge in [0.15, 0.2) is 11.5 Å². The molecule has 4 aromatic heterocycles. The zero-order valence-electron chi connectivity index (χ0n) is 18.6. The molecule has 6 rings (SSSR count). The normalized spacial score (nSPS) is 11.2. The Bertz CT molecular complexity index is 1790. The molecule has 0 fully saturated rings. The van der Waals surface area contributed by atoms with Gasteiger partial charge in [-0.2, -0.15) is 5.10 Å². The van der Waals surface area contributed by atoms with E-state index in [1.807, 2.05) is 49.4 Å². The van der Waals surface area contributed by atoms with E-state index in [9.17, 15) is 14.9 Å². The van der Waals surface area contributed by atoms with E-state index in [0.717, 1.165) is 38.4 Å². The predicted octanol–water partition coefficient (Wildman–Crippen LogP) is 5.62. The van der Waals surface area contributed by atoms with E-state index in [-0.39, 0.29) is 15.7 Å². The number of thiazole rings is 1. The lowest BCUT2D eigenvalue weighted by Crippen LogP contribution is -2.12. The first-order valence-electron chi connectivity index (χ1n) is 10.7. The molecular formula is C24H15N7O3S2. The van der Waals surface area contributed by atoms with Crippen LogP contribution in [0.15, 0.2) is 66.3 Å². The topological polar surface area (TPSA) is 129 Å². The molecule has 1 amide bonds. The number of hydrogen-bond donors (Lipinski definition) is 1. The standard InChI is InChI=1S/C24H15N7O3S2/c1-13-2-5-15(6-3-13)30-23-16(11-26-30)22(29-24(32)19-8-9-20(36-19)31(33)34)27-21(28-23)14-4-7-18-17(10-14)25-12-35-18/h2-12H,1H3,(H,27,28,29,32). The summed E-state index contributed by atoms with van der Waals surface area (Å²) in [5.41, 5.74) is 5.76. The minimum atomic E-state index is -0.525. The molecule has 176 valence electrons. The highest BCUT2D eigenvalue weighted by atomic mass is 32.1.